The van der Waals surface area contributed by atoms with Gasteiger partial charge in [-0.2, -0.15) is 0 Å². The molecule has 0 aliphatic heterocycles. The van der Waals surface area contributed by atoms with E-state index in [1.54, 1.807) is 12.1 Å². The first-order valence-corrected chi connectivity index (χ1v) is 7.50. The van der Waals surface area contributed by atoms with Crippen molar-refractivity contribution >= 4 is 21.7 Å². The Morgan fingerprint density at radius 3 is 2.75 bits per heavy atom. The Labute approximate surface area is 126 Å². The lowest BCUT2D eigenvalue weighted by atomic mass is 10.0. The second-order valence-corrected chi connectivity index (χ2v) is 5.29. The second kappa shape index (κ2) is 6.79. The van der Waals surface area contributed by atoms with Gasteiger partial charge in [-0.05, 0) is 41.4 Å². The lowest BCUT2D eigenvalue weighted by Crippen LogP contribution is -2.07. The highest BCUT2D eigenvalue weighted by atomic mass is 79.9. The second-order valence-electron chi connectivity index (χ2n) is 4.43. The molecule has 0 aliphatic rings. The van der Waals surface area contributed by atoms with E-state index in [2.05, 4.69) is 38.1 Å². The van der Waals surface area contributed by atoms with Crippen LogP contribution in [0.15, 0.2) is 29.0 Å². The van der Waals surface area contributed by atoms with Crippen molar-refractivity contribution in [1.29, 1.82) is 0 Å². The summed E-state index contributed by atoms with van der Waals surface area (Å²) in [6.45, 7) is 4.87. The Morgan fingerprint density at radius 2 is 2.05 bits per heavy atom. The molecule has 20 heavy (non-hydrogen) atoms. The minimum absolute atomic E-state index is 0.286. The van der Waals surface area contributed by atoms with Crippen LogP contribution < -0.4 is 5.32 Å². The van der Waals surface area contributed by atoms with E-state index in [0.717, 1.165) is 30.8 Å². The first-order chi connectivity index (χ1) is 9.69. The fraction of sp³-hybridized carbons (Fsp3) is 0.333. The number of aromatic nitrogens is 2. The van der Waals surface area contributed by atoms with Crippen molar-refractivity contribution in [3.63, 3.8) is 0 Å². The maximum absolute atomic E-state index is 14.3. The van der Waals surface area contributed by atoms with Crippen LogP contribution in [0.1, 0.15) is 25.8 Å². The molecule has 1 N–H and O–H groups in total. The normalized spacial score (nSPS) is 10.6. The zero-order chi connectivity index (χ0) is 14.5. The fourth-order valence-electron chi connectivity index (χ4n) is 2.14. The van der Waals surface area contributed by atoms with Crippen LogP contribution in [0.5, 0.6) is 0 Å². The summed E-state index contributed by atoms with van der Waals surface area (Å²) in [6.07, 6.45) is 3.24. The molecular formula is C15H17BrFN3. The average Bonchev–Trinajstić information content (AvgIpc) is 2.44. The molecule has 2 aromatic rings. The van der Waals surface area contributed by atoms with E-state index in [1.165, 1.54) is 6.33 Å². The molecule has 0 aliphatic carbocycles. The topological polar surface area (TPSA) is 37.8 Å². The van der Waals surface area contributed by atoms with Crippen LogP contribution in [0.2, 0.25) is 0 Å². The first kappa shape index (κ1) is 14.9. The summed E-state index contributed by atoms with van der Waals surface area (Å²) in [4.78, 5) is 8.57. The van der Waals surface area contributed by atoms with E-state index in [0.29, 0.717) is 15.7 Å². The number of rotatable bonds is 5. The molecule has 0 bridgehead atoms. The zero-order valence-electron chi connectivity index (χ0n) is 11.6. The van der Waals surface area contributed by atoms with Crippen LogP contribution >= 0.6 is 15.9 Å². The van der Waals surface area contributed by atoms with E-state index >= 15 is 0 Å². The number of hydrogen-bond donors (Lipinski definition) is 1. The number of hydrogen-bond acceptors (Lipinski definition) is 3. The summed E-state index contributed by atoms with van der Waals surface area (Å²) in [5.74, 6) is 0.504. The van der Waals surface area contributed by atoms with E-state index in [4.69, 9.17) is 0 Å². The monoisotopic (exact) mass is 337 g/mol. The maximum Gasteiger partial charge on any atom is 0.146 e. The molecule has 5 heteroatoms. The standard InChI is InChI=1S/C15H17BrFN3/c1-3-6-11-14(19-9-20-15(11)18-4-2)10-7-5-8-12(16)13(10)17/h5,7-9H,3-4,6H2,1-2H3,(H,18,19,20). The molecule has 1 aromatic heterocycles. The molecule has 1 heterocycles. The lowest BCUT2D eigenvalue weighted by molar-refractivity contribution is 0.623. The molecule has 3 nitrogen and oxygen atoms in total. The van der Waals surface area contributed by atoms with Crippen molar-refractivity contribution in [3.05, 3.63) is 40.4 Å². The summed E-state index contributed by atoms with van der Waals surface area (Å²) in [5.41, 5.74) is 2.13. The Kier molecular flexibility index (Phi) is 5.06. The van der Waals surface area contributed by atoms with Crippen molar-refractivity contribution in [1.82, 2.24) is 9.97 Å². The Balaban J connectivity index is 2.60. The predicted octanol–water partition coefficient (Wildman–Crippen LogP) is 4.43. The van der Waals surface area contributed by atoms with Crippen LogP contribution in [0.25, 0.3) is 11.3 Å². The van der Waals surface area contributed by atoms with Gasteiger partial charge in [-0.3, -0.25) is 0 Å². The third-order valence-electron chi connectivity index (χ3n) is 3.00. The number of nitrogens with zero attached hydrogens (tertiary/aromatic N) is 2. The van der Waals surface area contributed by atoms with Gasteiger partial charge in [0.1, 0.15) is 18.0 Å². The van der Waals surface area contributed by atoms with Gasteiger partial charge in [0.05, 0.1) is 10.2 Å². The summed E-state index contributed by atoms with van der Waals surface area (Å²) in [5, 5.41) is 3.22. The summed E-state index contributed by atoms with van der Waals surface area (Å²) >= 11 is 3.22. The van der Waals surface area contributed by atoms with Crippen LogP contribution in [0, 0.1) is 5.82 Å². The highest BCUT2D eigenvalue weighted by Crippen LogP contribution is 2.31. The molecule has 1 aromatic carbocycles. The van der Waals surface area contributed by atoms with Crippen LogP contribution in [0.3, 0.4) is 0 Å². The van der Waals surface area contributed by atoms with Crippen molar-refractivity contribution in [3.8, 4) is 11.3 Å². The number of benzene rings is 1. The van der Waals surface area contributed by atoms with E-state index < -0.39 is 0 Å². The van der Waals surface area contributed by atoms with Gasteiger partial charge in [-0.25, -0.2) is 14.4 Å². The lowest BCUT2D eigenvalue weighted by Gasteiger charge is -2.14. The molecular weight excluding hydrogens is 321 g/mol. The van der Waals surface area contributed by atoms with Gasteiger partial charge < -0.3 is 5.32 Å². The highest BCUT2D eigenvalue weighted by molar-refractivity contribution is 9.10. The predicted molar refractivity (Wildman–Crippen MR) is 83.3 cm³/mol. The third-order valence-corrected chi connectivity index (χ3v) is 3.61. The molecule has 0 atom stereocenters. The van der Waals surface area contributed by atoms with Gasteiger partial charge >= 0.3 is 0 Å². The first-order valence-electron chi connectivity index (χ1n) is 6.71. The van der Waals surface area contributed by atoms with Crippen molar-refractivity contribution < 1.29 is 4.39 Å². The average molecular weight is 338 g/mol. The summed E-state index contributed by atoms with van der Waals surface area (Å²) in [6, 6.07) is 5.25. The third kappa shape index (κ3) is 2.98. The van der Waals surface area contributed by atoms with Gasteiger partial charge in [0.25, 0.3) is 0 Å². The van der Waals surface area contributed by atoms with Crippen LogP contribution in [0.4, 0.5) is 10.2 Å². The quantitative estimate of drug-likeness (QED) is 0.876. The number of nitrogens with one attached hydrogen (secondary N) is 1. The van der Waals surface area contributed by atoms with Gasteiger partial charge in [0.2, 0.25) is 0 Å². The minimum atomic E-state index is -0.286. The van der Waals surface area contributed by atoms with E-state index in [1.807, 2.05) is 13.0 Å². The van der Waals surface area contributed by atoms with Gasteiger partial charge in [0.15, 0.2) is 0 Å². The van der Waals surface area contributed by atoms with Gasteiger partial charge in [-0.1, -0.05) is 19.4 Å². The van der Waals surface area contributed by atoms with Crippen LogP contribution in [-0.2, 0) is 6.42 Å². The zero-order valence-corrected chi connectivity index (χ0v) is 13.2. The fourth-order valence-corrected chi connectivity index (χ4v) is 2.50. The molecule has 0 radical (unpaired) electrons. The highest BCUT2D eigenvalue weighted by Gasteiger charge is 2.16. The largest absolute Gasteiger partial charge is 0.370 e. The number of anilines is 1. The van der Waals surface area contributed by atoms with Gasteiger partial charge in [-0.15, -0.1) is 0 Å². The Morgan fingerprint density at radius 1 is 1.25 bits per heavy atom. The molecule has 0 fully saturated rings. The molecule has 0 saturated carbocycles. The van der Waals surface area contributed by atoms with Crippen LogP contribution in [-0.4, -0.2) is 16.5 Å². The Hall–Kier alpha value is -1.49. The molecule has 0 spiro atoms. The van der Waals surface area contributed by atoms with Crippen molar-refractivity contribution in [2.45, 2.75) is 26.7 Å². The minimum Gasteiger partial charge on any atom is -0.370 e. The van der Waals surface area contributed by atoms with E-state index in [9.17, 15) is 4.39 Å². The Bertz CT molecular complexity index is 602. The van der Waals surface area contributed by atoms with Gasteiger partial charge in [0, 0.05) is 17.7 Å². The molecule has 0 saturated heterocycles. The molecule has 2 rings (SSSR count). The number of halogens is 2. The summed E-state index contributed by atoms with van der Waals surface area (Å²) in [7, 11) is 0. The van der Waals surface area contributed by atoms with E-state index in [-0.39, 0.29) is 5.82 Å². The summed E-state index contributed by atoms with van der Waals surface area (Å²) < 4.78 is 14.7. The molecule has 0 amide bonds. The maximum atomic E-state index is 14.3. The van der Waals surface area contributed by atoms with Crippen molar-refractivity contribution in [2.75, 3.05) is 11.9 Å². The molecule has 0 unspecified atom stereocenters. The SMILES string of the molecule is CCCc1c(NCC)ncnc1-c1cccc(Br)c1F. The smallest absolute Gasteiger partial charge is 0.146 e. The molecule has 106 valence electrons. The van der Waals surface area contributed by atoms with Crippen molar-refractivity contribution in [2.24, 2.45) is 0 Å².